The summed E-state index contributed by atoms with van der Waals surface area (Å²) in [5.74, 6) is 0.197. The summed E-state index contributed by atoms with van der Waals surface area (Å²) >= 11 is 3.07. The second-order valence-electron chi connectivity index (χ2n) is 14.6. The third-order valence-electron chi connectivity index (χ3n) is 9.85. The molecule has 2 amide bonds. The Labute approximate surface area is 328 Å². The Bertz CT molecular complexity index is 1700. The van der Waals surface area contributed by atoms with Crippen LogP contribution >= 0.6 is 22.7 Å². The summed E-state index contributed by atoms with van der Waals surface area (Å²) in [5.41, 5.74) is 4.91. The number of ether oxygens (including phenoxy) is 2. The monoisotopic (exact) mass is 773 g/mol. The van der Waals surface area contributed by atoms with Crippen molar-refractivity contribution in [2.24, 2.45) is 11.8 Å². The average Bonchev–Trinajstić information content (AvgIpc) is 3.89. The lowest BCUT2D eigenvalue weighted by atomic mass is 9.83. The van der Waals surface area contributed by atoms with Crippen molar-refractivity contribution in [3.8, 4) is 0 Å². The SMILES string of the molecule is CC(C)c1nc(CN(C)C(=O)N[C@@H](CCN2CCOCC2)C(=O)C[C@H](CC[C@@H](CC(=O)OCc2cncs2)Cc2ccccc2)Cc2ccccc2)cs1. The number of benzene rings is 2. The molecular weight excluding hydrogens is 719 g/mol. The molecule has 290 valence electrons. The lowest BCUT2D eigenvalue weighted by Crippen LogP contribution is -2.49. The lowest BCUT2D eigenvalue weighted by molar-refractivity contribution is -0.146. The van der Waals surface area contributed by atoms with Crippen LogP contribution in [0.3, 0.4) is 0 Å². The van der Waals surface area contributed by atoms with Gasteiger partial charge in [0.2, 0.25) is 0 Å². The Balaban J connectivity index is 1.28. The molecule has 0 spiro atoms. The fourth-order valence-electron chi connectivity index (χ4n) is 6.79. The summed E-state index contributed by atoms with van der Waals surface area (Å²) in [6, 6.07) is 19.6. The fraction of sp³-hybridized carbons (Fsp3) is 0.500. The third kappa shape index (κ3) is 14.0. The summed E-state index contributed by atoms with van der Waals surface area (Å²) in [4.78, 5) is 54.7. The van der Waals surface area contributed by atoms with E-state index >= 15 is 0 Å². The van der Waals surface area contributed by atoms with Gasteiger partial charge < -0.3 is 19.7 Å². The van der Waals surface area contributed by atoms with Gasteiger partial charge in [-0.1, -0.05) is 74.5 Å². The maximum atomic E-state index is 14.4. The molecule has 4 aromatic rings. The topological polar surface area (TPSA) is 114 Å². The maximum Gasteiger partial charge on any atom is 0.318 e. The number of rotatable bonds is 21. The number of Topliss-reactive ketones (excluding diaryl/α,β-unsaturated/α-hetero) is 1. The Morgan fingerprint density at radius 3 is 2.15 bits per heavy atom. The summed E-state index contributed by atoms with van der Waals surface area (Å²) in [6.07, 6.45) is 5.85. The largest absolute Gasteiger partial charge is 0.460 e. The Morgan fingerprint density at radius 1 is 0.907 bits per heavy atom. The van der Waals surface area contributed by atoms with E-state index in [2.05, 4.69) is 53.3 Å². The first-order valence-corrected chi connectivity index (χ1v) is 20.9. The molecule has 3 atom stereocenters. The van der Waals surface area contributed by atoms with Gasteiger partial charge in [-0.25, -0.2) is 9.78 Å². The van der Waals surface area contributed by atoms with Crippen molar-refractivity contribution in [2.75, 3.05) is 39.9 Å². The maximum absolute atomic E-state index is 14.4. The molecule has 1 saturated heterocycles. The number of esters is 1. The van der Waals surface area contributed by atoms with Crippen molar-refractivity contribution in [2.45, 2.75) is 83.9 Å². The summed E-state index contributed by atoms with van der Waals surface area (Å²) in [6.45, 7) is 8.46. The van der Waals surface area contributed by atoms with Gasteiger partial charge in [0.05, 0.1) is 46.9 Å². The highest BCUT2D eigenvalue weighted by atomic mass is 32.1. The number of carbonyl (C=O) groups is 3. The van der Waals surface area contributed by atoms with E-state index in [0.29, 0.717) is 51.5 Å². The van der Waals surface area contributed by atoms with E-state index in [1.165, 1.54) is 16.9 Å². The van der Waals surface area contributed by atoms with Gasteiger partial charge in [0, 0.05) is 57.0 Å². The second kappa shape index (κ2) is 21.8. The molecule has 0 aliphatic carbocycles. The highest BCUT2D eigenvalue weighted by Gasteiger charge is 2.28. The molecule has 12 heteroatoms. The van der Waals surface area contributed by atoms with Crippen molar-refractivity contribution in [3.05, 3.63) is 104 Å². The molecule has 0 saturated carbocycles. The summed E-state index contributed by atoms with van der Waals surface area (Å²) in [5, 5.41) is 6.16. The van der Waals surface area contributed by atoms with Crippen LogP contribution in [0.2, 0.25) is 0 Å². The predicted molar refractivity (Wildman–Crippen MR) is 215 cm³/mol. The van der Waals surface area contributed by atoms with Crippen LogP contribution in [0.4, 0.5) is 4.79 Å². The molecular formula is C42H55N5O5S2. The van der Waals surface area contributed by atoms with Gasteiger partial charge in [-0.2, -0.15) is 0 Å². The van der Waals surface area contributed by atoms with E-state index in [-0.39, 0.29) is 36.2 Å². The quantitative estimate of drug-likeness (QED) is 0.0865. The van der Waals surface area contributed by atoms with E-state index in [0.717, 1.165) is 59.9 Å². The van der Waals surface area contributed by atoms with Crippen LogP contribution in [-0.4, -0.2) is 83.5 Å². The summed E-state index contributed by atoms with van der Waals surface area (Å²) in [7, 11) is 1.75. The van der Waals surface area contributed by atoms with E-state index in [1.54, 1.807) is 35.0 Å². The first kappa shape index (κ1) is 41.2. The Hall–Kier alpha value is -3.97. The fourth-order valence-corrected chi connectivity index (χ4v) is 8.12. The van der Waals surface area contributed by atoms with Crippen molar-refractivity contribution in [1.82, 2.24) is 25.1 Å². The smallest absolute Gasteiger partial charge is 0.318 e. The van der Waals surface area contributed by atoms with Gasteiger partial charge in [-0.15, -0.1) is 22.7 Å². The molecule has 0 bridgehead atoms. The number of ketones is 1. The number of nitrogens with one attached hydrogen (secondary N) is 1. The first-order valence-electron chi connectivity index (χ1n) is 19.1. The molecule has 0 unspecified atom stereocenters. The molecule has 5 rings (SSSR count). The minimum absolute atomic E-state index is 0.0244. The van der Waals surface area contributed by atoms with Crippen LogP contribution in [0.5, 0.6) is 0 Å². The molecule has 1 N–H and O–H groups in total. The molecule has 1 aliphatic heterocycles. The summed E-state index contributed by atoms with van der Waals surface area (Å²) < 4.78 is 11.2. The molecule has 0 radical (unpaired) electrons. The van der Waals surface area contributed by atoms with Gasteiger partial charge in [0.15, 0.2) is 5.78 Å². The Kier molecular flexibility index (Phi) is 16.6. The highest BCUT2D eigenvalue weighted by Crippen LogP contribution is 2.27. The van der Waals surface area contributed by atoms with Crippen LogP contribution < -0.4 is 5.32 Å². The van der Waals surface area contributed by atoms with Gasteiger partial charge in [0.25, 0.3) is 0 Å². The zero-order chi connectivity index (χ0) is 38.1. The molecule has 1 fully saturated rings. The molecule has 3 heterocycles. The van der Waals surface area contributed by atoms with E-state index < -0.39 is 6.04 Å². The minimum atomic E-state index is -0.635. The van der Waals surface area contributed by atoms with Gasteiger partial charge in [-0.05, 0) is 55.1 Å². The minimum Gasteiger partial charge on any atom is -0.460 e. The number of hydrogen-bond donors (Lipinski definition) is 1. The lowest BCUT2D eigenvalue weighted by Gasteiger charge is -2.29. The van der Waals surface area contributed by atoms with Crippen LogP contribution in [0.25, 0.3) is 0 Å². The normalized spacial score (nSPS) is 15.0. The molecule has 1 aliphatic rings. The average molecular weight is 774 g/mol. The van der Waals surface area contributed by atoms with Gasteiger partial charge in [-0.3, -0.25) is 19.5 Å². The van der Waals surface area contributed by atoms with Crippen LogP contribution in [0.1, 0.15) is 78.6 Å². The van der Waals surface area contributed by atoms with Crippen molar-refractivity contribution < 1.29 is 23.9 Å². The number of nitrogens with zero attached hydrogens (tertiary/aromatic N) is 4. The second-order valence-corrected chi connectivity index (χ2v) is 16.5. The van der Waals surface area contributed by atoms with Crippen molar-refractivity contribution >= 4 is 40.5 Å². The zero-order valence-electron chi connectivity index (χ0n) is 31.9. The number of carbonyl (C=O) groups excluding carboxylic acids is 3. The van der Waals surface area contributed by atoms with Crippen molar-refractivity contribution in [3.63, 3.8) is 0 Å². The van der Waals surface area contributed by atoms with Crippen LogP contribution in [-0.2, 0) is 45.1 Å². The Morgan fingerprint density at radius 2 is 1.56 bits per heavy atom. The zero-order valence-corrected chi connectivity index (χ0v) is 33.5. The number of thiazole rings is 2. The number of morpholine rings is 1. The van der Waals surface area contributed by atoms with Crippen LogP contribution in [0.15, 0.2) is 77.8 Å². The predicted octanol–water partition coefficient (Wildman–Crippen LogP) is 7.55. The highest BCUT2D eigenvalue weighted by molar-refractivity contribution is 7.09. The number of amides is 2. The van der Waals surface area contributed by atoms with E-state index in [1.807, 2.05) is 41.8 Å². The number of hydrogen-bond acceptors (Lipinski definition) is 10. The van der Waals surface area contributed by atoms with Crippen molar-refractivity contribution in [1.29, 1.82) is 0 Å². The van der Waals surface area contributed by atoms with E-state index in [9.17, 15) is 14.4 Å². The standard InChI is InChI=1S/C42H55N5O5S2/c1-31(2)41-44-36(29-53-41)27-46(3)42(50)45-38(16-17-47-18-20-51-21-19-47)39(48)24-34(22-32-10-6-4-7-11-32)14-15-35(23-33-12-8-5-9-13-33)25-40(49)52-28-37-26-43-30-54-37/h4-13,26,29-31,34-35,38H,14-25,27-28H2,1-3H3,(H,45,50)/t34-,35-,38+/m1/s1. The number of urea groups is 1. The molecule has 2 aromatic heterocycles. The first-order chi connectivity index (χ1) is 26.2. The molecule has 54 heavy (non-hydrogen) atoms. The third-order valence-corrected chi connectivity index (χ3v) is 11.8. The van der Waals surface area contributed by atoms with E-state index in [4.69, 9.17) is 14.5 Å². The van der Waals surface area contributed by atoms with Gasteiger partial charge >= 0.3 is 12.0 Å². The molecule has 10 nitrogen and oxygen atoms in total. The number of aromatic nitrogens is 2. The van der Waals surface area contributed by atoms with Gasteiger partial charge in [0.1, 0.15) is 6.61 Å². The molecule has 2 aromatic carbocycles. The van der Waals surface area contributed by atoms with Crippen LogP contribution in [0, 0.1) is 11.8 Å².